The molecule has 0 bridgehead atoms. The first-order valence-electron chi connectivity index (χ1n) is 11.8. The van der Waals surface area contributed by atoms with Crippen LogP contribution in [0.5, 0.6) is 0 Å². The second-order valence-electron chi connectivity index (χ2n) is 9.25. The summed E-state index contributed by atoms with van der Waals surface area (Å²) < 4.78 is 6.86. The van der Waals surface area contributed by atoms with Crippen LogP contribution in [-0.2, 0) is 14.3 Å². The number of carbonyl (C=O) groups excluding carboxylic acids is 2. The topological polar surface area (TPSA) is 122 Å². The third kappa shape index (κ3) is 5.96. The summed E-state index contributed by atoms with van der Waals surface area (Å²) in [5.74, 6) is 0.748. The molecule has 11 nitrogen and oxygen atoms in total. The number of aromatic nitrogens is 3. The van der Waals surface area contributed by atoms with Crippen molar-refractivity contribution in [1.29, 1.82) is 0 Å². The lowest BCUT2D eigenvalue weighted by Gasteiger charge is -2.27. The zero-order valence-electron chi connectivity index (χ0n) is 21.6. The van der Waals surface area contributed by atoms with E-state index in [1.54, 1.807) is 62.0 Å². The fourth-order valence-electron chi connectivity index (χ4n) is 3.81. The molecule has 1 aliphatic heterocycles. The number of hydrogen-bond acceptors (Lipinski definition) is 9. The molecular weight excluding hydrogens is 462 g/mol. The summed E-state index contributed by atoms with van der Waals surface area (Å²) in [5, 5.41) is 2.64. The van der Waals surface area contributed by atoms with Crippen LogP contribution in [0.25, 0.3) is 0 Å². The number of amides is 1. The van der Waals surface area contributed by atoms with Crippen molar-refractivity contribution in [3.63, 3.8) is 0 Å². The second-order valence-corrected chi connectivity index (χ2v) is 9.25. The molecule has 1 N–H and O–H groups in total. The maximum atomic E-state index is 13.7. The van der Waals surface area contributed by atoms with Crippen molar-refractivity contribution >= 4 is 30.0 Å². The molecule has 1 unspecified atom stereocenters. The Labute approximate surface area is 210 Å². The Morgan fingerprint density at radius 1 is 1.28 bits per heavy atom. The van der Waals surface area contributed by atoms with Crippen LogP contribution in [0.2, 0.25) is 0 Å². The van der Waals surface area contributed by atoms with Crippen molar-refractivity contribution in [1.82, 2.24) is 24.8 Å². The first-order valence-corrected chi connectivity index (χ1v) is 11.8. The first kappa shape index (κ1) is 26.6. The number of hydrogen-bond donors (Lipinski definition) is 1. The number of carbonyl (C=O) groups is 2. The predicted molar refractivity (Wildman–Crippen MR) is 137 cm³/mol. The number of pyridine rings is 1. The summed E-state index contributed by atoms with van der Waals surface area (Å²) in [7, 11) is 0. The largest absolute Gasteiger partial charge is 0.460 e. The lowest BCUT2D eigenvalue weighted by molar-refractivity contribution is -0.153. The quantitative estimate of drug-likeness (QED) is 0.437. The zero-order valence-corrected chi connectivity index (χ0v) is 21.6. The third-order valence-corrected chi connectivity index (χ3v) is 5.44. The van der Waals surface area contributed by atoms with Gasteiger partial charge < -0.3 is 19.9 Å². The van der Waals surface area contributed by atoms with Gasteiger partial charge in [0.25, 0.3) is 0 Å². The molecule has 3 rings (SSSR count). The molecule has 0 fully saturated rings. The highest BCUT2D eigenvalue weighted by Gasteiger charge is 2.32. The van der Waals surface area contributed by atoms with E-state index in [0.29, 0.717) is 36.1 Å². The fraction of sp³-hybridized carbons (Fsp3) is 0.440. The maximum Gasteiger partial charge on any atom is 0.310 e. The molecular formula is C25H33N7O4. The average molecular weight is 496 g/mol. The Bertz CT molecular complexity index is 1220. The molecule has 1 atom stereocenters. The molecule has 0 spiro atoms. The lowest BCUT2D eigenvalue weighted by Crippen LogP contribution is -2.47. The number of esters is 1. The molecule has 11 heteroatoms. The highest BCUT2D eigenvalue weighted by molar-refractivity contribution is 5.87. The standard InChI is InChI=1S/C25H33N7O4/c1-7-30(20-10-8-9-13-27-20)22-23(35)32(17(2)14-28-22)24-29-19(18(3)31(24)15-26-16-33)11-12-21(34)36-25(4,5)6/h8-11,13-14,16,18H,7,12,15H2,1-6H3,(H,26,33). The van der Waals surface area contributed by atoms with Gasteiger partial charge in [0, 0.05) is 24.6 Å². The van der Waals surface area contributed by atoms with Gasteiger partial charge in [0.05, 0.1) is 24.8 Å². The van der Waals surface area contributed by atoms with Crippen molar-refractivity contribution in [3.8, 4) is 0 Å². The molecule has 3 heterocycles. The van der Waals surface area contributed by atoms with Crippen LogP contribution < -0.4 is 15.8 Å². The van der Waals surface area contributed by atoms with E-state index in [2.05, 4.69) is 15.3 Å². The molecule has 1 amide bonds. The number of nitrogens with one attached hydrogen (secondary N) is 1. The van der Waals surface area contributed by atoms with Crippen LogP contribution in [0.1, 0.15) is 46.7 Å². The van der Waals surface area contributed by atoms with Gasteiger partial charge in [0.1, 0.15) is 11.4 Å². The van der Waals surface area contributed by atoms with Gasteiger partial charge >= 0.3 is 11.5 Å². The number of anilines is 2. The zero-order chi connectivity index (χ0) is 26.5. The van der Waals surface area contributed by atoms with Gasteiger partial charge in [-0.2, -0.15) is 0 Å². The Morgan fingerprint density at radius 3 is 2.64 bits per heavy atom. The van der Waals surface area contributed by atoms with Crippen molar-refractivity contribution in [2.75, 3.05) is 18.1 Å². The molecule has 36 heavy (non-hydrogen) atoms. The lowest BCUT2D eigenvalue weighted by atomic mass is 10.2. The van der Waals surface area contributed by atoms with Gasteiger partial charge in [-0.15, -0.1) is 0 Å². The second kappa shape index (κ2) is 11.1. The van der Waals surface area contributed by atoms with E-state index in [1.165, 1.54) is 4.57 Å². The van der Waals surface area contributed by atoms with Gasteiger partial charge in [-0.1, -0.05) is 6.07 Å². The maximum absolute atomic E-state index is 13.7. The van der Waals surface area contributed by atoms with Gasteiger partial charge in [0.2, 0.25) is 18.2 Å². The van der Waals surface area contributed by atoms with Crippen LogP contribution in [0.4, 0.5) is 11.6 Å². The summed E-state index contributed by atoms with van der Waals surface area (Å²) in [6.45, 7) is 11.6. The van der Waals surface area contributed by atoms with Crippen LogP contribution in [0.15, 0.2) is 52.2 Å². The molecule has 0 aromatic carbocycles. The van der Waals surface area contributed by atoms with E-state index in [-0.39, 0.29) is 36.5 Å². The summed E-state index contributed by atoms with van der Waals surface area (Å²) in [4.78, 5) is 54.1. The molecule has 2 aromatic heterocycles. The highest BCUT2D eigenvalue weighted by atomic mass is 16.6. The van der Waals surface area contributed by atoms with Crippen LogP contribution >= 0.6 is 0 Å². The van der Waals surface area contributed by atoms with Gasteiger partial charge in [-0.3, -0.25) is 14.4 Å². The number of rotatable bonds is 8. The van der Waals surface area contributed by atoms with Crippen molar-refractivity contribution in [2.24, 2.45) is 4.99 Å². The summed E-state index contributed by atoms with van der Waals surface area (Å²) in [5.41, 5.74) is 0.182. The smallest absolute Gasteiger partial charge is 0.310 e. The fourth-order valence-corrected chi connectivity index (χ4v) is 3.81. The van der Waals surface area contributed by atoms with E-state index in [9.17, 15) is 14.4 Å². The summed E-state index contributed by atoms with van der Waals surface area (Å²) in [6.07, 6.45) is 5.56. The van der Waals surface area contributed by atoms with Crippen LogP contribution in [-0.4, -0.2) is 62.6 Å². The van der Waals surface area contributed by atoms with E-state index < -0.39 is 5.60 Å². The van der Waals surface area contributed by atoms with E-state index in [4.69, 9.17) is 9.73 Å². The first-order chi connectivity index (χ1) is 17.1. The molecule has 1 aliphatic rings. The third-order valence-electron chi connectivity index (χ3n) is 5.44. The molecule has 0 aliphatic carbocycles. The molecule has 0 saturated heterocycles. The number of aryl methyl sites for hydroxylation is 1. The molecule has 2 aromatic rings. The summed E-state index contributed by atoms with van der Waals surface area (Å²) in [6, 6.07) is 5.14. The minimum atomic E-state index is -0.595. The molecule has 0 radical (unpaired) electrons. The van der Waals surface area contributed by atoms with Crippen LogP contribution in [0, 0.1) is 6.92 Å². The minimum absolute atomic E-state index is 0.0292. The van der Waals surface area contributed by atoms with Crippen molar-refractivity contribution in [3.05, 3.63) is 58.4 Å². The normalized spacial score (nSPS) is 16.6. The van der Waals surface area contributed by atoms with Crippen molar-refractivity contribution < 1.29 is 14.3 Å². The van der Waals surface area contributed by atoms with Gasteiger partial charge in [-0.25, -0.2) is 19.5 Å². The Balaban J connectivity index is 2.06. The monoisotopic (exact) mass is 495 g/mol. The Kier molecular flexibility index (Phi) is 8.23. The van der Waals surface area contributed by atoms with E-state index >= 15 is 0 Å². The van der Waals surface area contributed by atoms with E-state index in [0.717, 1.165) is 0 Å². The number of aliphatic imine (C=N–C) groups is 1. The Hall–Kier alpha value is -4.02. The van der Waals surface area contributed by atoms with Gasteiger partial charge in [-0.05, 0) is 59.8 Å². The van der Waals surface area contributed by atoms with Gasteiger partial charge in [0.15, 0.2) is 0 Å². The summed E-state index contributed by atoms with van der Waals surface area (Å²) >= 11 is 0. The minimum Gasteiger partial charge on any atom is -0.460 e. The highest BCUT2D eigenvalue weighted by Crippen LogP contribution is 2.24. The molecule has 192 valence electrons. The van der Waals surface area contributed by atoms with Crippen molar-refractivity contribution in [2.45, 2.75) is 59.6 Å². The Morgan fingerprint density at radius 2 is 2.03 bits per heavy atom. The SMILES string of the molecule is CCN(c1ccccn1)c1ncc(C)n(C2=NC(=CCC(=O)OC(C)(C)C)C(C)N2CNC=O)c1=O. The number of ether oxygens (including phenoxy) is 1. The molecule has 0 saturated carbocycles. The number of nitrogens with zero attached hydrogens (tertiary/aromatic N) is 6. The average Bonchev–Trinajstić information content (AvgIpc) is 3.12. The predicted octanol–water partition coefficient (Wildman–Crippen LogP) is 2.33. The van der Waals surface area contributed by atoms with E-state index in [1.807, 2.05) is 26.0 Å². The van der Waals surface area contributed by atoms with Crippen LogP contribution in [0.3, 0.4) is 0 Å².